The van der Waals surface area contributed by atoms with Crippen molar-refractivity contribution in [3.05, 3.63) is 0 Å². The van der Waals surface area contributed by atoms with Crippen LogP contribution in [0.25, 0.3) is 0 Å². The van der Waals surface area contributed by atoms with Crippen LogP contribution >= 0.6 is 0 Å². The van der Waals surface area contributed by atoms with E-state index < -0.39 is 23.1 Å². The van der Waals surface area contributed by atoms with E-state index in [1.54, 1.807) is 0 Å². The van der Waals surface area contributed by atoms with Gasteiger partial charge in [0, 0.05) is 0 Å². The molecule has 0 heterocycles. The molecule has 2 nitrogen and oxygen atoms in total. The highest BCUT2D eigenvalue weighted by molar-refractivity contribution is 5.17. The first kappa shape index (κ1) is 12.7. The maximum atomic E-state index is 12.7. The van der Waals surface area contributed by atoms with E-state index in [0.29, 0.717) is 25.7 Å². The number of halogens is 3. The van der Waals surface area contributed by atoms with Crippen molar-refractivity contribution in [2.45, 2.75) is 56.7 Å². The Morgan fingerprint density at radius 3 is 2.24 bits per heavy atom. The van der Waals surface area contributed by atoms with Crippen LogP contribution in [0.15, 0.2) is 0 Å². The van der Waals surface area contributed by atoms with Crippen LogP contribution in [0.3, 0.4) is 0 Å². The van der Waals surface area contributed by atoms with Gasteiger partial charge in [0.15, 0.2) is 0 Å². The van der Waals surface area contributed by atoms with Gasteiger partial charge in [0.05, 0.1) is 23.0 Å². The molecule has 0 aromatic heterocycles. The lowest BCUT2D eigenvalue weighted by Crippen LogP contribution is -2.55. The van der Waals surface area contributed by atoms with Crippen molar-refractivity contribution in [2.75, 3.05) is 0 Å². The smallest absolute Gasteiger partial charge is 0.388 e. The Balaban J connectivity index is 2.18. The van der Waals surface area contributed by atoms with E-state index in [0.717, 1.165) is 6.42 Å². The standard InChI is InChI=1S/C12H16F3NO/c13-12(14,15)9-3-1-6-11(17,7-9)10(8-16)4-2-5-10/h9,17H,1-7H2/t9-,11-/m0/s1. The van der Waals surface area contributed by atoms with E-state index >= 15 is 0 Å². The largest absolute Gasteiger partial charge is 0.391 e. The summed E-state index contributed by atoms with van der Waals surface area (Å²) in [5.41, 5.74) is -2.35. The fourth-order valence-corrected chi connectivity index (χ4v) is 3.18. The molecule has 1 N–H and O–H groups in total. The Bertz CT molecular complexity index is 343. The predicted octanol–water partition coefficient (Wildman–Crippen LogP) is 3.16. The average molecular weight is 247 g/mol. The number of nitrogens with zero attached hydrogens (tertiary/aromatic N) is 1. The molecule has 0 aromatic carbocycles. The maximum absolute atomic E-state index is 12.7. The predicted molar refractivity (Wildman–Crippen MR) is 54.9 cm³/mol. The van der Waals surface area contributed by atoms with Crippen LogP contribution in [-0.2, 0) is 0 Å². The molecule has 0 amide bonds. The number of hydrogen-bond acceptors (Lipinski definition) is 2. The van der Waals surface area contributed by atoms with Gasteiger partial charge in [0.2, 0.25) is 0 Å². The number of aliphatic hydroxyl groups is 1. The van der Waals surface area contributed by atoms with Gasteiger partial charge in [-0.15, -0.1) is 0 Å². The van der Waals surface area contributed by atoms with Crippen molar-refractivity contribution >= 4 is 0 Å². The lowest BCUT2D eigenvalue weighted by molar-refractivity contribution is -0.218. The molecule has 17 heavy (non-hydrogen) atoms. The van der Waals surface area contributed by atoms with Gasteiger partial charge in [0.1, 0.15) is 0 Å². The van der Waals surface area contributed by atoms with Crippen LogP contribution in [0.5, 0.6) is 0 Å². The van der Waals surface area contributed by atoms with Crippen LogP contribution in [-0.4, -0.2) is 16.9 Å². The summed E-state index contributed by atoms with van der Waals surface area (Å²) in [6, 6.07) is 2.08. The van der Waals surface area contributed by atoms with Gasteiger partial charge in [-0.2, -0.15) is 18.4 Å². The topological polar surface area (TPSA) is 44.0 Å². The van der Waals surface area contributed by atoms with Crippen LogP contribution in [0.4, 0.5) is 13.2 Å². The van der Waals surface area contributed by atoms with Crippen molar-refractivity contribution in [2.24, 2.45) is 11.3 Å². The molecule has 2 saturated carbocycles. The molecule has 2 aliphatic carbocycles. The molecule has 2 fully saturated rings. The van der Waals surface area contributed by atoms with Gasteiger partial charge < -0.3 is 5.11 Å². The number of hydrogen-bond donors (Lipinski definition) is 1. The van der Waals surface area contributed by atoms with E-state index in [9.17, 15) is 18.3 Å². The fourth-order valence-electron chi connectivity index (χ4n) is 3.18. The minimum absolute atomic E-state index is 0.0767. The van der Waals surface area contributed by atoms with Crippen LogP contribution in [0.2, 0.25) is 0 Å². The zero-order valence-corrected chi connectivity index (χ0v) is 9.56. The molecule has 0 bridgehead atoms. The monoisotopic (exact) mass is 247 g/mol. The van der Waals surface area contributed by atoms with Crippen molar-refractivity contribution in [3.63, 3.8) is 0 Å². The number of rotatable bonds is 1. The Morgan fingerprint density at radius 1 is 1.18 bits per heavy atom. The van der Waals surface area contributed by atoms with Gasteiger partial charge in [-0.1, -0.05) is 6.42 Å². The Morgan fingerprint density at radius 2 is 1.82 bits per heavy atom. The minimum Gasteiger partial charge on any atom is -0.388 e. The van der Waals surface area contributed by atoms with Crippen molar-refractivity contribution < 1.29 is 18.3 Å². The first-order valence-corrected chi connectivity index (χ1v) is 6.03. The fraction of sp³-hybridized carbons (Fsp3) is 0.917. The van der Waals surface area contributed by atoms with Gasteiger partial charge in [0.25, 0.3) is 0 Å². The summed E-state index contributed by atoms with van der Waals surface area (Å²) in [6.45, 7) is 0. The summed E-state index contributed by atoms with van der Waals surface area (Å²) in [5, 5.41) is 19.6. The Labute approximate surface area is 98.4 Å². The molecule has 0 unspecified atom stereocenters. The molecule has 2 atom stereocenters. The summed E-state index contributed by atoms with van der Waals surface area (Å²) in [7, 11) is 0. The van der Waals surface area contributed by atoms with Crippen molar-refractivity contribution in [1.29, 1.82) is 5.26 Å². The third-order valence-electron chi connectivity index (χ3n) is 4.50. The second-order valence-corrected chi connectivity index (χ2v) is 5.41. The molecule has 0 spiro atoms. The lowest BCUT2D eigenvalue weighted by atomic mass is 9.54. The van der Waals surface area contributed by atoms with Crippen LogP contribution in [0, 0.1) is 22.7 Å². The quantitative estimate of drug-likeness (QED) is 0.773. The van der Waals surface area contributed by atoms with Gasteiger partial charge in [-0.05, 0) is 38.5 Å². The zero-order chi connectivity index (χ0) is 12.7. The van der Waals surface area contributed by atoms with Crippen LogP contribution in [0.1, 0.15) is 44.9 Å². The first-order valence-electron chi connectivity index (χ1n) is 6.03. The van der Waals surface area contributed by atoms with Crippen LogP contribution < -0.4 is 0 Å². The molecular weight excluding hydrogens is 231 g/mol. The summed E-state index contributed by atoms with van der Waals surface area (Å²) >= 11 is 0. The average Bonchev–Trinajstić information content (AvgIpc) is 2.15. The number of nitriles is 1. The Hall–Kier alpha value is -0.760. The van der Waals surface area contributed by atoms with E-state index in [4.69, 9.17) is 5.26 Å². The molecular formula is C12H16F3NO. The molecule has 0 aromatic rings. The summed E-state index contributed by atoms with van der Waals surface area (Å²) in [6.07, 6.45) is -1.91. The highest BCUT2D eigenvalue weighted by atomic mass is 19.4. The second-order valence-electron chi connectivity index (χ2n) is 5.41. The summed E-state index contributed by atoms with van der Waals surface area (Å²) in [5.74, 6) is -1.45. The third kappa shape index (κ3) is 1.93. The molecule has 0 saturated heterocycles. The van der Waals surface area contributed by atoms with E-state index in [2.05, 4.69) is 6.07 Å². The molecule has 0 aliphatic heterocycles. The lowest BCUT2D eigenvalue weighted by Gasteiger charge is -2.52. The third-order valence-corrected chi connectivity index (χ3v) is 4.50. The highest BCUT2D eigenvalue weighted by Gasteiger charge is 2.59. The summed E-state index contributed by atoms with van der Waals surface area (Å²) < 4.78 is 38.1. The van der Waals surface area contributed by atoms with Crippen molar-refractivity contribution in [1.82, 2.24) is 0 Å². The van der Waals surface area contributed by atoms with Gasteiger partial charge in [-0.3, -0.25) is 0 Å². The second kappa shape index (κ2) is 3.88. The molecule has 0 radical (unpaired) electrons. The highest BCUT2D eigenvalue weighted by Crippen LogP contribution is 2.56. The maximum Gasteiger partial charge on any atom is 0.391 e. The molecule has 96 valence electrons. The Kier molecular flexibility index (Phi) is 2.89. The van der Waals surface area contributed by atoms with Gasteiger partial charge in [-0.25, -0.2) is 0 Å². The molecule has 5 heteroatoms. The molecule has 2 rings (SSSR count). The SMILES string of the molecule is N#CC1([C@]2(O)CCC[C@H](C(F)(F)F)C2)CCC1. The molecule has 2 aliphatic rings. The summed E-state index contributed by atoms with van der Waals surface area (Å²) in [4.78, 5) is 0. The minimum atomic E-state index is -4.26. The zero-order valence-electron chi connectivity index (χ0n) is 9.56. The van der Waals surface area contributed by atoms with Gasteiger partial charge >= 0.3 is 6.18 Å². The normalized spacial score (nSPS) is 37.0. The first-order chi connectivity index (χ1) is 7.83. The van der Waals surface area contributed by atoms with E-state index in [-0.39, 0.29) is 12.8 Å². The van der Waals surface area contributed by atoms with E-state index in [1.165, 1.54) is 0 Å². The van der Waals surface area contributed by atoms with Crippen molar-refractivity contribution in [3.8, 4) is 6.07 Å². The van der Waals surface area contributed by atoms with E-state index in [1.807, 2.05) is 0 Å². The number of alkyl halides is 3.